The number of rotatable bonds is 3. The van der Waals surface area contributed by atoms with E-state index in [2.05, 4.69) is 25.3 Å². The number of aromatic nitrogens is 4. The number of imidazole rings is 2. The van der Waals surface area contributed by atoms with Crippen molar-refractivity contribution in [2.75, 3.05) is 5.32 Å². The summed E-state index contributed by atoms with van der Waals surface area (Å²) in [5, 5.41) is 2.91. The first kappa shape index (κ1) is 13.5. The molecule has 0 fully saturated rings. The van der Waals surface area contributed by atoms with Crippen molar-refractivity contribution in [3.63, 3.8) is 0 Å². The lowest BCUT2D eigenvalue weighted by atomic mass is 10.2. The maximum Gasteiger partial charge on any atom is 0.255 e. The highest BCUT2D eigenvalue weighted by Crippen LogP contribution is 2.19. The zero-order chi connectivity index (χ0) is 15.8. The van der Waals surface area contributed by atoms with Gasteiger partial charge in [-0.2, -0.15) is 0 Å². The second-order valence-electron chi connectivity index (χ2n) is 5.36. The Labute approximate surface area is 132 Å². The number of carbonyl (C=O) groups excluding carboxylic acids is 1. The number of H-pyrrole nitrogens is 2. The Morgan fingerprint density at radius 3 is 2.87 bits per heavy atom. The van der Waals surface area contributed by atoms with Crippen molar-refractivity contribution in [3.05, 3.63) is 54.1 Å². The van der Waals surface area contributed by atoms with Crippen molar-refractivity contribution >= 4 is 33.7 Å². The van der Waals surface area contributed by atoms with Crippen LogP contribution in [0.3, 0.4) is 0 Å². The molecule has 2 aromatic carbocycles. The van der Waals surface area contributed by atoms with Gasteiger partial charge < -0.3 is 15.3 Å². The van der Waals surface area contributed by atoms with E-state index in [1.807, 2.05) is 31.2 Å². The summed E-state index contributed by atoms with van der Waals surface area (Å²) < 4.78 is 0. The Morgan fingerprint density at radius 2 is 2.00 bits per heavy atom. The van der Waals surface area contributed by atoms with E-state index >= 15 is 0 Å². The average Bonchev–Trinajstić information content (AvgIpc) is 3.19. The molecule has 1 amide bonds. The van der Waals surface area contributed by atoms with Crippen LogP contribution in [0.4, 0.5) is 5.69 Å². The van der Waals surface area contributed by atoms with Crippen LogP contribution >= 0.6 is 0 Å². The second-order valence-corrected chi connectivity index (χ2v) is 5.36. The lowest BCUT2D eigenvalue weighted by Gasteiger charge is -2.05. The third kappa shape index (κ3) is 2.44. The van der Waals surface area contributed by atoms with E-state index in [1.165, 1.54) is 0 Å². The van der Waals surface area contributed by atoms with E-state index in [0.717, 1.165) is 40.0 Å². The van der Waals surface area contributed by atoms with Gasteiger partial charge in [0.15, 0.2) is 0 Å². The summed E-state index contributed by atoms with van der Waals surface area (Å²) in [5.74, 6) is 0.782. The minimum atomic E-state index is -0.156. The molecule has 6 heteroatoms. The Kier molecular flexibility index (Phi) is 3.08. The van der Waals surface area contributed by atoms with Gasteiger partial charge in [0.05, 0.1) is 28.4 Å². The zero-order valence-electron chi connectivity index (χ0n) is 12.6. The van der Waals surface area contributed by atoms with E-state index in [4.69, 9.17) is 0 Å². The Bertz CT molecular complexity index is 1010. The van der Waals surface area contributed by atoms with E-state index < -0.39 is 0 Å². The van der Waals surface area contributed by atoms with Gasteiger partial charge in [0, 0.05) is 17.7 Å². The van der Waals surface area contributed by atoms with Crippen molar-refractivity contribution in [1.82, 2.24) is 19.9 Å². The highest BCUT2D eigenvalue weighted by molar-refractivity contribution is 6.06. The van der Waals surface area contributed by atoms with Crippen molar-refractivity contribution in [1.29, 1.82) is 0 Å². The fourth-order valence-electron chi connectivity index (χ4n) is 2.59. The van der Waals surface area contributed by atoms with Crippen LogP contribution in [0.5, 0.6) is 0 Å². The summed E-state index contributed by atoms with van der Waals surface area (Å²) in [7, 11) is 0. The number of aromatic amines is 2. The van der Waals surface area contributed by atoms with Crippen molar-refractivity contribution < 1.29 is 4.79 Å². The van der Waals surface area contributed by atoms with Crippen LogP contribution in [0.25, 0.3) is 22.1 Å². The number of anilines is 1. The molecule has 2 aromatic heterocycles. The Morgan fingerprint density at radius 1 is 1.13 bits per heavy atom. The summed E-state index contributed by atoms with van der Waals surface area (Å²) in [6.45, 7) is 2.05. The first-order valence-electron chi connectivity index (χ1n) is 7.46. The molecule has 0 saturated carbocycles. The fraction of sp³-hybridized carbons (Fsp3) is 0.118. The van der Waals surface area contributed by atoms with Crippen LogP contribution in [0.15, 0.2) is 42.7 Å². The number of nitrogens with one attached hydrogen (secondary N) is 3. The van der Waals surface area contributed by atoms with E-state index in [1.54, 1.807) is 18.5 Å². The van der Waals surface area contributed by atoms with Gasteiger partial charge in [0.25, 0.3) is 5.91 Å². The van der Waals surface area contributed by atoms with Gasteiger partial charge >= 0.3 is 0 Å². The average molecular weight is 305 g/mol. The number of nitrogens with zero attached hydrogens (tertiary/aromatic N) is 2. The normalized spacial score (nSPS) is 11.2. The fourth-order valence-corrected chi connectivity index (χ4v) is 2.59. The number of benzene rings is 2. The van der Waals surface area contributed by atoms with Gasteiger partial charge in [-0.1, -0.05) is 6.92 Å². The summed E-state index contributed by atoms with van der Waals surface area (Å²) in [6, 6.07) is 11.0. The van der Waals surface area contributed by atoms with Gasteiger partial charge in [0.2, 0.25) is 0 Å². The zero-order valence-corrected chi connectivity index (χ0v) is 12.6. The molecule has 0 unspecified atom stereocenters. The van der Waals surface area contributed by atoms with Gasteiger partial charge in [-0.25, -0.2) is 9.97 Å². The van der Waals surface area contributed by atoms with Gasteiger partial charge in [-0.3, -0.25) is 4.79 Å². The third-order valence-corrected chi connectivity index (χ3v) is 3.81. The number of fused-ring (bicyclic) bond motifs is 2. The monoisotopic (exact) mass is 305 g/mol. The molecule has 0 aliphatic heterocycles. The largest absolute Gasteiger partial charge is 0.345 e. The number of hydrogen-bond acceptors (Lipinski definition) is 3. The van der Waals surface area contributed by atoms with Crippen LogP contribution in [0, 0.1) is 0 Å². The smallest absolute Gasteiger partial charge is 0.255 e. The molecule has 0 atom stereocenters. The highest BCUT2D eigenvalue weighted by Gasteiger charge is 2.09. The van der Waals surface area contributed by atoms with Gasteiger partial charge in [0.1, 0.15) is 5.82 Å². The molecule has 0 aliphatic rings. The van der Waals surface area contributed by atoms with Gasteiger partial charge in [-0.05, 0) is 36.4 Å². The number of amides is 1. The summed E-state index contributed by atoms with van der Waals surface area (Å²) in [6.07, 6.45) is 2.46. The van der Waals surface area contributed by atoms with Crippen molar-refractivity contribution in [2.24, 2.45) is 0 Å². The lowest BCUT2D eigenvalue weighted by Crippen LogP contribution is -2.11. The molecule has 3 N–H and O–H groups in total. The molecule has 4 aromatic rings. The number of hydrogen-bond donors (Lipinski definition) is 3. The van der Waals surface area contributed by atoms with Crippen LogP contribution in [0.1, 0.15) is 23.1 Å². The first-order chi connectivity index (χ1) is 11.2. The van der Waals surface area contributed by atoms with Crippen molar-refractivity contribution in [3.8, 4) is 0 Å². The molecule has 0 aliphatic carbocycles. The van der Waals surface area contributed by atoms with E-state index in [0.29, 0.717) is 5.56 Å². The third-order valence-electron chi connectivity index (χ3n) is 3.81. The molecule has 0 saturated heterocycles. The van der Waals surface area contributed by atoms with Crippen LogP contribution in [0.2, 0.25) is 0 Å². The maximum absolute atomic E-state index is 12.4. The Hall–Kier alpha value is -3.15. The molecule has 4 rings (SSSR count). The molecule has 0 radical (unpaired) electrons. The lowest BCUT2D eigenvalue weighted by molar-refractivity contribution is 0.102. The SMILES string of the molecule is CCc1nc2ccc(NC(=O)c3ccc4nc[nH]c4c3)cc2[nH]1. The number of aryl methyl sites for hydroxylation is 1. The molecule has 114 valence electrons. The van der Waals surface area contributed by atoms with Crippen LogP contribution < -0.4 is 5.32 Å². The van der Waals surface area contributed by atoms with Gasteiger partial charge in [-0.15, -0.1) is 0 Å². The summed E-state index contributed by atoms with van der Waals surface area (Å²) in [5.41, 5.74) is 4.82. The molecule has 23 heavy (non-hydrogen) atoms. The van der Waals surface area contributed by atoms with Crippen LogP contribution in [-0.2, 0) is 6.42 Å². The quantitative estimate of drug-likeness (QED) is 0.543. The second kappa shape index (κ2) is 5.24. The predicted molar refractivity (Wildman–Crippen MR) is 89.5 cm³/mol. The molecule has 6 nitrogen and oxygen atoms in total. The minimum absolute atomic E-state index is 0.156. The van der Waals surface area contributed by atoms with Crippen molar-refractivity contribution in [2.45, 2.75) is 13.3 Å². The molecular weight excluding hydrogens is 290 g/mol. The minimum Gasteiger partial charge on any atom is -0.345 e. The predicted octanol–water partition coefficient (Wildman–Crippen LogP) is 3.25. The first-order valence-corrected chi connectivity index (χ1v) is 7.46. The number of carbonyl (C=O) groups is 1. The molecule has 0 spiro atoms. The van der Waals surface area contributed by atoms with E-state index in [-0.39, 0.29) is 5.91 Å². The maximum atomic E-state index is 12.4. The standard InChI is InChI=1S/C17H15N5O/c1-2-16-21-13-6-4-11(8-15(13)22-16)20-17(23)10-3-5-12-14(7-10)19-9-18-12/h3-9H,2H2,1H3,(H,18,19)(H,20,23)(H,21,22). The molecule has 0 bridgehead atoms. The topological polar surface area (TPSA) is 86.5 Å². The molecule has 2 heterocycles. The Balaban J connectivity index is 1.62. The molecular formula is C17H15N5O. The van der Waals surface area contributed by atoms with Crippen LogP contribution in [-0.4, -0.2) is 25.8 Å². The summed E-state index contributed by atoms with van der Waals surface area (Å²) >= 11 is 0. The highest BCUT2D eigenvalue weighted by atomic mass is 16.1. The summed E-state index contributed by atoms with van der Waals surface area (Å²) in [4.78, 5) is 27.3. The van der Waals surface area contributed by atoms with E-state index in [9.17, 15) is 4.79 Å².